The predicted molar refractivity (Wildman–Crippen MR) is 89.1 cm³/mol. The van der Waals surface area contributed by atoms with Gasteiger partial charge in [0.2, 0.25) is 0 Å². The summed E-state index contributed by atoms with van der Waals surface area (Å²) in [5, 5.41) is 0. The molecule has 0 bridgehead atoms. The van der Waals surface area contributed by atoms with E-state index in [1.54, 1.807) is 7.05 Å². The van der Waals surface area contributed by atoms with Crippen molar-refractivity contribution in [3.05, 3.63) is 0 Å². The lowest BCUT2D eigenvalue weighted by Crippen LogP contribution is -2.50. The Morgan fingerprint density at radius 1 is 1.28 bits per heavy atom. The number of ether oxygens (including phenoxy) is 3. The van der Waals surface area contributed by atoms with E-state index in [2.05, 4.69) is 0 Å². The summed E-state index contributed by atoms with van der Waals surface area (Å²) >= 11 is 0. The van der Waals surface area contributed by atoms with Crippen LogP contribution in [0.3, 0.4) is 0 Å². The summed E-state index contributed by atoms with van der Waals surface area (Å²) in [6.45, 7) is 7.92. The maximum absolute atomic E-state index is 12.9. The third-order valence-corrected chi connectivity index (χ3v) is 4.29. The normalized spacial score (nSPS) is 22.6. The Bertz CT molecular complexity index is 510. The van der Waals surface area contributed by atoms with Gasteiger partial charge in [-0.2, -0.15) is 0 Å². The largest absolute Gasteiger partial charge is 0.436 e. The van der Waals surface area contributed by atoms with Crippen molar-refractivity contribution >= 4 is 17.8 Å². The van der Waals surface area contributed by atoms with Gasteiger partial charge in [0, 0.05) is 20.1 Å². The van der Waals surface area contributed by atoms with Crippen LogP contribution in [0.5, 0.6) is 0 Å². The Balaban J connectivity index is 2.07. The highest BCUT2D eigenvalue weighted by Gasteiger charge is 2.38. The molecule has 2 aliphatic heterocycles. The number of hydrogen-bond donors (Lipinski definition) is 0. The number of carbonyl (C=O) groups excluding carboxylic acids is 3. The lowest BCUT2D eigenvalue weighted by Gasteiger charge is -2.33. The van der Waals surface area contributed by atoms with Crippen LogP contribution in [-0.4, -0.2) is 86.3 Å². The van der Waals surface area contributed by atoms with Crippen molar-refractivity contribution in [2.45, 2.75) is 39.3 Å². The van der Waals surface area contributed by atoms with Crippen molar-refractivity contribution in [1.82, 2.24) is 9.80 Å². The van der Waals surface area contributed by atoms with Crippen LogP contribution in [0.2, 0.25) is 0 Å². The molecule has 142 valence electrons. The minimum atomic E-state index is -0.936. The van der Waals surface area contributed by atoms with Gasteiger partial charge in [0.1, 0.15) is 12.6 Å². The van der Waals surface area contributed by atoms with E-state index in [-0.39, 0.29) is 30.3 Å². The first-order valence-corrected chi connectivity index (χ1v) is 8.59. The number of Topliss-reactive ketones (excluding diaryl/α,β-unsaturated/α-hetero) is 1. The highest BCUT2D eigenvalue weighted by Crippen LogP contribution is 2.25. The van der Waals surface area contributed by atoms with Crippen LogP contribution in [-0.2, 0) is 23.8 Å². The molecule has 2 unspecified atom stereocenters. The van der Waals surface area contributed by atoms with Gasteiger partial charge < -0.3 is 24.0 Å². The zero-order valence-electron chi connectivity index (χ0n) is 15.4. The molecule has 2 atom stereocenters. The quantitative estimate of drug-likeness (QED) is 0.737. The average molecular weight is 356 g/mol. The summed E-state index contributed by atoms with van der Waals surface area (Å²) in [4.78, 5) is 40.0. The number of hydrogen-bond acceptors (Lipinski definition) is 6. The van der Waals surface area contributed by atoms with E-state index in [9.17, 15) is 14.4 Å². The molecule has 8 nitrogen and oxygen atoms in total. The first-order valence-electron chi connectivity index (χ1n) is 8.59. The molecule has 2 aliphatic rings. The molecule has 2 amide bonds. The second-order valence-electron chi connectivity index (χ2n) is 7.68. The van der Waals surface area contributed by atoms with Crippen LogP contribution in [0.15, 0.2) is 0 Å². The number of rotatable bonds is 4. The lowest BCUT2D eigenvalue weighted by atomic mass is 9.88. The van der Waals surface area contributed by atoms with Crippen molar-refractivity contribution in [2.24, 2.45) is 5.41 Å². The molecule has 0 saturated carbocycles. The summed E-state index contributed by atoms with van der Waals surface area (Å²) in [6.07, 6.45) is -1.09. The van der Waals surface area contributed by atoms with Gasteiger partial charge >= 0.3 is 6.09 Å². The summed E-state index contributed by atoms with van der Waals surface area (Å²) < 4.78 is 15.9. The highest BCUT2D eigenvalue weighted by atomic mass is 16.6. The maximum atomic E-state index is 12.9. The molecule has 2 rings (SSSR count). The zero-order valence-corrected chi connectivity index (χ0v) is 15.4. The molecule has 0 radical (unpaired) electrons. The Kier molecular flexibility index (Phi) is 6.40. The highest BCUT2D eigenvalue weighted by molar-refractivity contribution is 5.92. The van der Waals surface area contributed by atoms with E-state index in [0.717, 1.165) is 0 Å². The fourth-order valence-electron chi connectivity index (χ4n) is 2.85. The standard InChI is InChI=1S/C17H28N2O6/c1-17(2,3)9-14(25-16(22)19-5-7-23-8-6-19)15(21)18(4)12-10-24-11-13(12)20/h12,14H,5-11H2,1-4H3. The number of likely N-dealkylation sites (N-methyl/N-ethyl adjacent to an activating group) is 1. The van der Waals surface area contributed by atoms with Crippen molar-refractivity contribution in [3.63, 3.8) is 0 Å². The van der Waals surface area contributed by atoms with E-state index in [1.807, 2.05) is 20.8 Å². The van der Waals surface area contributed by atoms with Gasteiger partial charge in [0.15, 0.2) is 11.9 Å². The molecule has 0 aromatic carbocycles. The molecule has 0 aliphatic carbocycles. The molecule has 0 aromatic heterocycles. The Morgan fingerprint density at radius 3 is 2.44 bits per heavy atom. The van der Waals surface area contributed by atoms with Crippen molar-refractivity contribution in [2.75, 3.05) is 46.6 Å². The van der Waals surface area contributed by atoms with Gasteiger partial charge in [-0.25, -0.2) is 4.79 Å². The SMILES string of the molecule is CN(C(=O)C(CC(C)(C)C)OC(=O)N1CCOCC1)C1COCC1=O. The molecule has 0 spiro atoms. The zero-order chi connectivity index (χ0) is 18.6. The van der Waals surface area contributed by atoms with Gasteiger partial charge in [-0.05, 0) is 11.8 Å². The second-order valence-corrected chi connectivity index (χ2v) is 7.68. The second kappa shape index (κ2) is 8.14. The van der Waals surface area contributed by atoms with E-state index in [0.29, 0.717) is 32.7 Å². The lowest BCUT2D eigenvalue weighted by molar-refractivity contribution is -0.145. The molecule has 8 heteroatoms. The molecular formula is C17H28N2O6. The molecule has 0 aromatic rings. The first kappa shape index (κ1) is 19.7. The van der Waals surface area contributed by atoms with E-state index in [4.69, 9.17) is 14.2 Å². The van der Waals surface area contributed by atoms with Crippen LogP contribution >= 0.6 is 0 Å². The number of amides is 2. The van der Waals surface area contributed by atoms with Gasteiger partial charge in [0.25, 0.3) is 5.91 Å². The molecule has 2 fully saturated rings. The topological polar surface area (TPSA) is 85.4 Å². The fourth-order valence-corrected chi connectivity index (χ4v) is 2.85. The number of nitrogens with zero attached hydrogens (tertiary/aromatic N) is 2. The molecular weight excluding hydrogens is 328 g/mol. The monoisotopic (exact) mass is 356 g/mol. The molecule has 0 N–H and O–H groups in total. The van der Waals surface area contributed by atoms with Crippen molar-refractivity contribution in [1.29, 1.82) is 0 Å². The number of morpholine rings is 1. The van der Waals surface area contributed by atoms with Gasteiger partial charge in [-0.1, -0.05) is 20.8 Å². The summed E-state index contributed by atoms with van der Waals surface area (Å²) in [5.74, 6) is -0.509. The number of ketones is 1. The van der Waals surface area contributed by atoms with Gasteiger partial charge in [0.05, 0.1) is 19.8 Å². The van der Waals surface area contributed by atoms with Crippen LogP contribution in [0, 0.1) is 5.41 Å². The van der Waals surface area contributed by atoms with E-state index >= 15 is 0 Å². The minimum Gasteiger partial charge on any atom is -0.436 e. The van der Waals surface area contributed by atoms with Crippen LogP contribution < -0.4 is 0 Å². The first-order chi connectivity index (χ1) is 11.7. The summed E-state index contributed by atoms with van der Waals surface area (Å²) in [6, 6.07) is -0.614. The Morgan fingerprint density at radius 2 is 1.92 bits per heavy atom. The fraction of sp³-hybridized carbons (Fsp3) is 0.824. The van der Waals surface area contributed by atoms with Crippen molar-refractivity contribution in [3.8, 4) is 0 Å². The van der Waals surface area contributed by atoms with Gasteiger partial charge in [-0.3, -0.25) is 9.59 Å². The van der Waals surface area contributed by atoms with E-state index < -0.39 is 18.2 Å². The molecule has 2 heterocycles. The Hall–Kier alpha value is -1.67. The smallest absolute Gasteiger partial charge is 0.410 e. The average Bonchev–Trinajstić information content (AvgIpc) is 2.98. The molecule has 25 heavy (non-hydrogen) atoms. The minimum absolute atomic E-state index is 0.0137. The van der Waals surface area contributed by atoms with Crippen LogP contribution in [0.1, 0.15) is 27.2 Å². The summed E-state index contributed by atoms with van der Waals surface area (Å²) in [7, 11) is 1.55. The third kappa shape index (κ3) is 5.40. The van der Waals surface area contributed by atoms with Crippen molar-refractivity contribution < 1.29 is 28.6 Å². The summed E-state index contributed by atoms with van der Waals surface area (Å²) in [5.41, 5.74) is -0.220. The van der Waals surface area contributed by atoms with E-state index in [1.165, 1.54) is 9.80 Å². The predicted octanol–water partition coefficient (Wildman–Crippen LogP) is 0.686. The molecule has 2 saturated heterocycles. The maximum Gasteiger partial charge on any atom is 0.410 e. The third-order valence-electron chi connectivity index (χ3n) is 4.29. The van der Waals surface area contributed by atoms with Crippen LogP contribution in [0.4, 0.5) is 4.79 Å². The number of carbonyl (C=O) groups is 3. The van der Waals surface area contributed by atoms with Gasteiger partial charge in [-0.15, -0.1) is 0 Å². The van der Waals surface area contributed by atoms with Crippen LogP contribution in [0.25, 0.3) is 0 Å². The Labute approximate surface area is 148 Å².